The molecule has 0 saturated heterocycles. The predicted molar refractivity (Wildman–Crippen MR) is 165 cm³/mol. The fourth-order valence-corrected chi connectivity index (χ4v) is 4.65. The van der Waals surface area contributed by atoms with E-state index in [1.807, 2.05) is 60.7 Å². The third-order valence-corrected chi connectivity index (χ3v) is 7.25. The molecule has 0 aliphatic carbocycles. The van der Waals surface area contributed by atoms with Crippen LogP contribution in [-0.4, -0.2) is 19.2 Å². The van der Waals surface area contributed by atoms with E-state index in [2.05, 4.69) is 32.9 Å². The molecule has 216 valence electrons. The smallest absolute Gasteiger partial charge is 0.343 e. The van der Waals surface area contributed by atoms with Gasteiger partial charge in [-0.05, 0) is 72.9 Å². The fraction of sp³-hybridized carbons (Fsp3) is 0.472. The number of ether oxygens (including phenoxy) is 3. The van der Waals surface area contributed by atoms with Gasteiger partial charge in [-0.2, -0.15) is 0 Å². The van der Waals surface area contributed by atoms with E-state index < -0.39 is 0 Å². The third-order valence-electron chi connectivity index (χ3n) is 7.25. The Bertz CT molecular complexity index is 1090. The van der Waals surface area contributed by atoms with Crippen molar-refractivity contribution in [1.29, 1.82) is 0 Å². The molecule has 4 nitrogen and oxygen atoms in total. The van der Waals surface area contributed by atoms with Crippen molar-refractivity contribution >= 4 is 5.97 Å². The molecule has 3 aromatic carbocycles. The van der Waals surface area contributed by atoms with Crippen LogP contribution in [0.4, 0.5) is 0 Å². The molecule has 0 bridgehead atoms. The number of esters is 1. The molecule has 0 aromatic heterocycles. The molecule has 0 amide bonds. The molecule has 3 rings (SSSR count). The van der Waals surface area contributed by atoms with Gasteiger partial charge in [-0.25, -0.2) is 4.79 Å². The van der Waals surface area contributed by atoms with Crippen LogP contribution in [-0.2, 0) is 4.74 Å². The minimum atomic E-state index is -0.364. The van der Waals surface area contributed by atoms with Gasteiger partial charge in [-0.15, -0.1) is 0 Å². The summed E-state index contributed by atoms with van der Waals surface area (Å²) in [7, 11) is 0. The first-order valence-electron chi connectivity index (χ1n) is 15.4. The van der Waals surface area contributed by atoms with Gasteiger partial charge in [-0.3, -0.25) is 0 Å². The van der Waals surface area contributed by atoms with Crippen molar-refractivity contribution in [3.63, 3.8) is 0 Å². The van der Waals surface area contributed by atoms with Gasteiger partial charge in [0.2, 0.25) is 0 Å². The molecule has 4 heteroatoms. The van der Waals surface area contributed by atoms with Crippen LogP contribution in [0.1, 0.15) is 113 Å². The molecule has 1 atom stereocenters. The standard InChI is InChI=1S/C36H48O4/c1-4-6-8-10-11-12-14-27-38-29(3)30-15-17-33(18-16-30)36(37)40-35-25-21-32(22-26-35)31-19-23-34(24-20-31)39-28-13-9-7-5-2/h15-26,29H,4-14,27-28H2,1-3H3. The Hall–Kier alpha value is -3.11. The SMILES string of the molecule is CCCCCCCCCOC(C)c1ccc(C(=O)Oc2ccc(-c3ccc(OCCCCCC)cc3)cc2)cc1. The summed E-state index contributed by atoms with van der Waals surface area (Å²) in [6.45, 7) is 8.05. The Balaban J connectivity index is 1.41. The quantitative estimate of drug-likeness (QED) is 0.0855. The Morgan fingerprint density at radius 2 is 1.10 bits per heavy atom. The summed E-state index contributed by atoms with van der Waals surface area (Å²) in [4.78, 5) is 12.7. The molecule has 1 unspecified atom stereocenters. The van der Waals surface area contributed by atoms with Gasteiger partial charge in [0.15, 0.2) is 0 Å². The first-order valence-corrected chi connectivity index (χ1v) is 15.4. The van der Waals surface area contributed by atoms with Crippen molar-refractivity contribution in [3.8, 4) is 22.6 Å². The van der Waals surface area contributed by atoms with E-state index in [4.69, 9.17) is 14.2 Å². The zero-order valence-electron chi connectivity index (χ0n) is 24.8. The molecule has 3 aromatic rings. The van der Waals surface area contributed by atoms with Crippen LogP contribution in [0.15, 0.2) is 72.8 Å². The number of carbonyl (C=O) groups is 1. The lowest BCUT2D eigenvalue weighted by atomic mass is 10.1. The van der Waals surface area contributed by atoms with Crippen molar-refractivity contribution in [2.45, 2.75) is 97.5 Å². The Morgan fingerprint density at radius 3 is 1.70 bits per heavy atom. The lowest BCUT2D eigenvalue weighted by Gasteiger charge is -2.14. The summed E-state index contributed by atoms with van der Waals surface area (Å²) in [6.07, 6.45) is 13.7. The number of hydrogen-bond donors (Lipinski definition) is 0. The topological polar surface area (TPSA) is 44.8 Å². The summed E-state index contributed by atoms with van der Waals surface area (Å²) in [6, 6.07) is 23.3. The molecular weight excluding hydrogens is 496 g/mol. The molecule has 0 spiro atoms. The van der Waals surface area contributed by atoms with Gasteiger partial charge < -0.3 is 14.2 Å². The Kier molecular flexibility index (Phi) is 14.4. The van der Waals surface area contributed by atoms with Gasteiger partial charge in [0, 0.05) is 6.61 Å². The first-order chi connectivity index (χ1) is 19.6. The van der Waals surface area contributed by atoms with E-state index in [-0.39, 0.29) is 12.1 Å². The molecular formula is C36H48O4. The highest BCUT2D eigenvalue weighted by Gasteiger charge is 2.11. The minimum Gasteiger partial charge on any atom is -0.494 e. The van der Waals surface area contributed by atoms with Gasteiger partial charge >= 0.3 is 5.97 Å². The normalized spacial score (nSPS) is 11.8. The van der Waals surface area contributed by atoms with Gasteiger partial charge in [0.1, 0.15) is 11.5 Å². The largest absolute Gasteiger partial charge is 0.494 e. The van der Waals surface area contributed by atoms with Crippen LogP contribution in [0.25, 0.3) is 11.1 Å². The first kappa shape index (κ1) is 31.4. The molecule has 0 aliphatic rings. The highest BCUT2D eigenvalue weighted by atomic mass is 16.5. The summed E-state index contributed by atoms with van der Waals surface area (Å²) in [5.74, 6) is 1.05. The van der Waals surface area contributed by atoms with E-state index in [1.54, 1.807) is 0 Å². The number of unbranched alkanes of at least 4 members (excludes halogenated alkanes) is 9. The summed E-state index contributed by atoms with van der Waals surface area (Å²) in [5.41, 5.74) is 3.74. The Morgan fingerprint density at radius 1 is 0.600 bits per heavy atom. The maximum Gasteiger partial charge on any atom is 0.343 e. The molecule has 0 saturated carbocycles. The van der Waals surface area contributed by atoms with Crippen molar-refractivity contribution < 1.29 is 19.0 Å². The maximum atomic E-state index is 12.7. The average molecular weight is 545 g/mol. The van der Waals surface area contributed by atoms with Crippen LogP contribution < -0.4 is 9.47 Å². The van der Waals surface area contributed by atoms with Gasteiger partial charge in [0.05, 0.1) is 18.3 Å². The number of carbonyl (C=O) groups excluding carboxylic acids is 1. The average Bonchev–Trinajstić information content (AvgIpc) is 2.99. The minimum absolute atomic E-state index is 0.00382. The van der Waals surface area contributed by atoms with Crippen molar-refractivity contribution in [2.75, 3.05) is 13.2 Å². The summed E-state index contributed by atoms with van der Waals surface area (Å²) < 4.78 is 17.5. The second-order valence-corrected chi connectivity index (χ2v) is 10.6. The van der Waals surface area contributed by atoms with Crippen LogP contribution in [0.2, 0.25) is 0 Å². The fourth-order valence-electron chi connectivity index (χ4n) is 4.65. The van der Waals surface area contributed by atoms with E-state index in [0.29, 0.717) is 11.3 Å². The van der Waals surface area contributed by atoms with Gasteiger partial charge in [-0.1, -0.05) is 108 Å². The van der Waals surface area contributed by atoms with Crippen LogP contribution >= 0.6 is 0 Å². The zero-order valence-corrected chi connectivity index (χ0v) is 24.8. The molecule has 0 N–H and O–H groups in total. The lowest BCUT2D eigenvalue weighted by Crippen LogP contribution is -2.09. The van der Waals surface area contributed by atoms with E-state index >= 15 is 0 Å². The maximum absolute atomic E-state index is 12.7. The second kappa shape index (κ2) is 18.3. The van der Waals surface area contributed by atoms with Crippen molar-refractivity contribution in [2.24, 2.45) is 0 Å². The molecule has 0 heterocycles. The zero-order chi connectivity index (χ0) is 28.4. The van der Waals surface area contributed by atoms with E-state index in [1.165, 1.54) is 57.8 Å². The van der Waals surface area contributed by atoms with Crippen molar-refractivity contribution in [1.82, 2.24) is 0 Å². The van der Waals surface area contributed by atoms with E-state index in [0.717, 1.165) is 48.5 Å². The third kappa shape index (κ3) is 11.2. The molecule has 40 heavy (non-hydrogen) atoms. The van der Waals surface area contributed by atoms with Crippen LogP contribution in [0.3, 0.4) is 0 Å². The van der Waals surface area contributed by atoms with Crippen LogP contribution in [0, 0.1) is 0 Å². The lowest BCUT2D eigenvalue weighted by molar-refractivity contribution is 0.0626. The van der Waals surface area contributed by atoms with E-state index in [9.17, 15) is 4.79 Å². The number of hydrogen-bond acceptors (Lipinski definition) is 4. The number of benzene rings is 3. The van der Waals surface area contributed by atoms with Crippen molar-refractivity contribution in [3.05, 3.63) is 83.9 Å². The summed E-state index contributed by atoms with van der Waals surface area (Å²) >= 11 is 0. The predicted octanol–water partition coefficient (Wildman–Crippen LogP) is 10.4. The highest BCUT2D eigenvalue weighted by Crippen LogP contribution is 2.26. The second-order valence-electron chi connectivity index (χ2n) is 10.6. The Labute approximate surface area is 242 Å². The monoisotopic (exact) mass is 544 g/mol. The molecule has 0 radical (unpaired) electrons. The molecule has 0 aliphatic heterocycles. The highest BCUT2D eigenvalue weighted by molar-refractivity contribution is 5.91. The number of rotatable bonds is 19. The summed E-state index contributed by atoms with van der Waals surface area (Å²) in [5, 5.41) is 0. The molecule has 0 fully saturated rings. The van der Waals surface area contributed by atoms with Crippen LogP contribution in [0.5, 0.6) is 11.5 Å². The van der Waals surface area contributed by atoms with Gasteiger partial charge in [0.25, 0.3) is 0 Å².